The van der Waals surface area contributed by atoms with Gasteiger partial charge in [-0.1, -0.05) is 32.1 Å². The smallest absolute Gasteiger partial charge is 0.336 e. The highest BCUT2D eigenvalue weighted by molar-refractivity contribution is 5.91. The summed E-state index contributed by atoms with van der Waals surface area (Å²) in [6.45, 7) is 8.50. The third-order valence-electron chi connectivity index (χ3n) is 7.23. The van der Waals surface area contributed by atoms with Gasteiger partial charge in [-0.25, -0.2) is 4.79 Å². The molecule has 0 bridgehead atoms. The van der Waals surface area contributed by atoms with Crippen LogP contribution in [0.4, 0.5) is 0 Å². The van der Waals surface area contributed by atoms with E-state index in [0.29, 0.717) is 18.4 Å². The average molecular weight is 350 g/mol. The maximum Gasteiger partial charge on any atom is 0.336 e. The van der Waals surface area contributed by atoms with E-state index in [1.807, 2.05) is 13.0 Å². The summed E-state index contributed by atoms with van der Waals surface area (Å²) in [4.78, 5) is 11.8. The van der Waals surface area contributed by atoms with E-state index >= 15 is 0 Å². The van der Waals surface area contributed by atoms with Crippen LogP contribution in [0.15, 0.2) is 23.8 Å². The highest BCUT2D eigenvalue weighted by Crippen LogP contribution is 2.61. The molecule has 2 aliphatic carbocycles. The fourth-order valence-corrected chi connectivity index (χ4v) is 5.56. The van der Waals surface area contributed by atoms with Crippen molar-refractivity contribution in [3.8, 4) is 0 Å². The summed E-state index contributed by atoms with van der Waals surface area (Å²) in [5.41, 5.74) is 0.911. The Hall–Kier alpha value is -1.17. The number of hydrogen-bond donors (Lipinski definition) is 3. The normalized spacial score (nSPS) is 46.2. The summed E-state index contributed by atoms with van der Waals surface area (Å²) in [5.74, 6) is -0.0734. The van der Waals surface area contributed by atoms with E-state index in [4.69, 9.17) is 4.74 Å². The second-order valence-corrected chi connectivity index (χ2v) is 8.54. The second kappa shape index (κ2) is 6.53. The van der Waals surface area contributed by atoms with Gasteiger partial charge in [-0.3, -0.25) is 0 Å². The Balaban J connectivity index is 1.89. The third-order valence-corrected chi connectivity index (χ3v) is 7.23. The van der Waals surface area contributed by atoms with E-state index in [0.717, 1.165) is 24.8 Å². The van der Waals surface area contributed by atoms with E-state index in [1.54, 1.807) is 0 Å². The van der Waals surface area contributed by atoms with Gasteiger partial charge >= 0.3 is 5.97 Å². The van der Waals surface area contributed by atoms with Gasteiger partial charge in [0, 0.05) is 5.41 Å². The molecule has 0 amide bonds. The Kier molecular flexibility index (Phi) is 4.86. The van der Waals surface area contributed by atoms with Gasteiger partial charge in [0.05, 0.1) is 18.3 Å². The minimum atomic E-state index is -0.844. The molecule has 1 saturated heterocycles. The molecule has 1 heterocycles. The molecule has 0 aromatic heterocycles. The monoisotopic (exact) mass is 350 g/mol. The number of aliphatic hydroxyl groups is 3. The van der Waals surface area contributed by atoms with Gasteiger partial charge < -0.3 is 20.1 Å². The topological polar surface area (TPSA) is 87.0 Å². The summed E-state index contributed by atoms with van der Waals surface area (Å²) >= 11 is 0. The molecule has 4 unspecified atom stereocenters. The maximum atomic E-state index is 11.8. The quantitative estimate of drug-likeness (QED) is 0.411. The van der Waals surface area contributed by atoms with Gasteiger partial charge in [-0.05, 0) is 49.4 Å². The molecule has 0 aromatic rings. The van der Waals surface area contributed by atoms with Crippen LogP contribution in [0, 0.1) is 22.7 Å². The molecule has 6 atom stereocenters. The van der Waals surface area contributed by atoms with Crippen LogP contribution < -0.4 is 0 Å². The van der Waals surface area contributed by atoms with Crippen molar-refractivity contribution in [3.63, 3.8) is 0 Å². The molecule has 3 fully saturated rings. The van der Waals surface area contributed by atoms with Gasteiger partial charge in [-0.2, -0.15) is 0 Å². The molecular formula is C20H30O5. The van der Waals surface area contributed by atoms with E-state index in [1.165, 1.54) is 0 Å². The second-order valence-electron chi connectivity index (χ2n) is 8.54. The minimum absolute atomic E-state index is 0.0280. The summed E-state index contributed by atoms with van der Waals surface area (Å²) in [6, 6.07) is 0. The van der Waals surface area contributed by atoms with Crippen molar-refractivity contribution in [2.75, 3.05) is 13.2 Å². The van der Waals surface area contributed by atoms with Crippen molar-refractivity contribution in [1.29, 1.82) is 0 Å². The first-order valence-electron chi connectivity index (χ1n) is 9.26. The molecule has 3 rings (SSSR count). The van der Waals surface area contributed by atoms with E-state index < -0.39 is 23.6 Å². The number of cyclic esters (lactones) is 1. The number of aliphatic hydroxyl groups excluding tert-OH is 3. The summed E-state index contributed by atoms with van der Waals surface area (Å²) in [5, 5.41) is 30.4. The molecule has 3 N–H and O–H groups in total. The fourth-order valence-electron chi connectivity index (χ4n) is 5.56. The molecule has 25 heavy (non-hydrogen) atoms. The summed E-state index contributed by atoms with van der Waals surface area (Å²) in [7, 11) is 0. The molecule has 2 saturated carbocycles. The van der Waals surface area contributed by atoms with Crippen LogP contribution in [0.3, 0.4) is 0 Å². The van der Waals surface area contributed by atoms with Crippen molar-refractivity contribution >= 4 is 5.97 Å². The number of fused-ring (bicyclic) bond motifs is 1. The lowest BCUT2D eigenvalue weighted by molar-refractivity contribution is -0.151. The predicted octanol–water partition coefficient (Wildman–Crippen LogP) is 1.96. The molecule has 5 heteroatoms. The molecule has 0 spiro atoms. The zero-order valence-electron chi connectivity index (χ0n) is 15.2. The maximum absolute atomic E-state index is 11.8. The number of allylic oxidation sites excluding steroid dienone is 2. The summed E-state index contributed by atoms with van der Waals surface area (Å²) in [6.07, 6.45) is 4.42. The lowest BCUT2D eigenvalue weighted by atomic mass is 9.46. The molecule has 1 aliphatic heterocycles. The zero-order chi connectivity index (χ0) is 18.4. The van der Waals surface area contributed by atoms with Crippen molar-refractivity contribution in [3.05, 3.63) is 23.8 Å². The van der Waals surface area contributed by atoms with E-state index in [9.17, 15) is 20.1 Å². The Morgan fingerprint density at radius 1 is 1.32 bits per heavy atom. The molecule has 5 nitrogen and oxygen atoms in total. The Morgan fingerprint density at radius 2 is 2.04 bits per heavy atom. The first-order chi connectivity index (χ1) is 11.7. The van der Waals surface area contributed by atoms with Crippen molar-refractivity contribution in [2.45, 2.75) is 58.2 Å². The molecule has 140 valence electrons. The Labute approximate surface area is 149 Å². The third kappa shape index (κ3) is 2.86. The highest BCUT2D eigenvalue weighted by atomic mass is 16.6. The van der Waals surface area contributed by atoms with Gasteiger partial charge in [0.25, 0.3) is 0 Å². The number of carbonyl (C=O) groups is 1. The first kappa shape index (κ1) is 18.6. The van der Waals surface area contributed by atoms with Crippen LogP contribution in [0.1, 0.15) is 46.0 Å². The van der Waals surface area contributed by atoms with Crippen LogP contribution in [0.5, 0.6) is 0 Å². The van der Waals surface area contributed by atoms with Gasteiger partial charge in [0.15, 0.2) is 0 Å². The van der Waals surface area contributed by atoms with Crippen LogP contribution in [-0.4, -0.2) is 46.7 Å². The summed E-state index contributed by atoms with van der Waals surface area (Å²) < 4.78 is 4.90. The van der Waals surface area contributed by atoms with Gasteiger partial charge in [0.2, 0.25) is 0 Å². The number of rotatable bonds is 3. The van der Waals surface area contributed by atoms with Gasteiger partial charge in [0.1, 0.15) is 12.7 Å². The lowest BCUT2D eigenvalue weighted by Gasteiger charge is -2.59. The molecular weight excluding hydrogens is 320 g/mol. The highest BCUT2D eigenvalue weighted by Gasteiger charge is 2.57. The molecule has 0 radical (unpaired) electrons. The van der Waals surface area contributed by atoms with Crippen molar-refractivity contribution in [2.24, 2.45) is 22.7 Å². The molecule has 3 aliphatic rings. The van der Waals surface area contributed by atoms with Gasteiger partial charge in [-0.15, -0.1) is 0 Å². The van der Waals surface area contributed by atoms with E-state index in [-0.39, 0.29) is 30.5 Å². The van der Waals surface area contributed by atoms with Crippen LogP contribution in [0.2, 0.25) is 0 Å². The zero-order valence-corrected chi connectivity index (χ0v) is 15.2. The van der Waals surface area contributed by atoms with Crippen LogP contribution in [-0.2, 0) is 9.53 Å². The number of ether oxygens (including phenoxy) is 1. The Morgan fingerprint density at radius 3 is 2.64 bits per heavy atom. The number of esters is 1. The largest absolute Gasteiger partial charge is 0.459 e. The lowest BCUT2D eigenvalue weighted by Crippen LogP contribution is -2.57. The fraction of sp³-hybridized carbons (Fsp3) is 0.750. The standard InChI is InChI=1S/C20H30O5/c1-12-4-7-16-19(2,9-8-17(23)20(16,3)11-21)14(12)6-5-13-15(22)10-25-18(13)24/h5,14-17,21-23H,1,4,6-11H2,2-3H3/b13-5+/t14?,15?,16?,17?,19-,20-/m0/s1. The SMILES string of the molecule is C=C1CCC2[C@@](C)(CCC(O)[C@@]2(C)CO)C1C/C=C1/C(=O)OCC1O. The minimum Gasteiger partial charge on any atom is -0.459 e. The number of carbonyl (C=O) groups excluding carboxylic acids is 1. The van der Waals surface area contributed by atoms with Crippen molar-refractivity contribution < 1.29 is 24.9 Å². The first-order valence-corrected chi connectivity index (χ1v) is 9.26. The Bertz CT molecular complexity index is 597. The predicted molar refractivity (Wildman–Crippen MR) is 93.6 cm³/mol. The van der Waals surface area contributed by atoms with Crippen molar-refractivity contribution in [1.82, 2.24) is 0 Å². The van der Waals surface area contributed by atoms with Crippen LogP contribution in [0.25, 0.3) is 0 Å². The molecule has 0 aromatic carbocycles. The van der Waals surface area contributed by atoms with E-state index in [2.05, 4.69) is 13.5 Å². The van der Waals surface area contributed by atoms with Crippen LogP contribution >= 0.6 is 0 Å². The average Bonchev–Trinajstić information content (AvgIpc) is 2.89. The number of hydrogen-bond acceptors (Lipinski definition) is 5.